The molecule has 34 heavy (non-hydrogen) atoms. The number of benzene rings is 2. The monoisotopic (exact) mass is 478 g/mol. The predicted molar refractivity (Wildman–Crippen MR) is 131 cm³/mol. The Hall–Kier alpha value is -3.56. The molecule has 0 bridgehead atoms. The number of hydrogen-bond acceptors (Lipinski definition) is 6. The zero-order valence-electron chi connectivity index (χ0n) is 19.3. The van der Waals surface area contributed by atoms with Crippen molar-refractivity contribution < 1.29 is 17.9 Å². The Morgan fingerprint density at radius 1 is 1.15 bits per heavy atom. The molecular formula is C25H26N4O4S. The summed E-state index contributed by atoms with van der Waals surface area (Å²) in [5.74, 6) is 0.0590. The summed E-state index contributed by atoms with van der Waals surface area (Å²) in [6, 6.07) is 14.5. The maximum absolute atomic E-state index is 12.5. The molecule has 2 aromatic heterocycles. The maximum atomic E-state index is 12.5. The molecule has 2 heterocycles. The predicted octanol–water partition coefficient (Wildman–Crippen LogP) is 4.00. The number of nitrogens with zero attached hydrogens (tertiary/aromatic N) is 4. The summed E-state index contributed by atoms with van der Waals surface area (Å²) in [5, 5.41) is 0.988. The number of carbonyl (C=O) groups excluding carboxylic acids is 1. The largest absolute Gasteiger partial charge is 0.454 e. The van der Waals surface area contributed by atoms with Gasteiger partial charge in [-0.25, -0.2) is 22.5 Å². The van der Waals surface area contributed by atoms with E-state index in [-0.39, 0.29) is 11.5 Å². The van der Waals surface area contributed by atoms with Gasteiger partial charge in [-0.3, -0.25) is 4.98 Å². The average Bonchev–Trinajstić information content (AvgIpc) is 3.18. The van der Waals surface area contributed by atoms with Crippen LogP contribution in [0, 0.1) is 0 Å². The number of hydrogen-bond donors (Lipinski definition) is 0. The molecule has 0 aliphatic rings. The van der Waals surface area contributed by atoms with Gasteiger partial charge in [0.25, 0.3) is 0 Å². The molecule has 0 amide bonds. The fourth-order valence-corrected chi connectivity index (χ4v) is 4.64. The van der Waals surface area contributed by atoms with Gasteiger partial charge in [0, 0.05) is 43.9 Å². The summed E-state index contributed by atoms with van der Waals surface area (Å²) in [4.78, 5) is 21.5. The van der Waals surface area contributed by atoms with Crippen LogP contribution < -0.4 is 0 Å². The number of aryl methyl sites for hydroxylation is 1. The van der Waals surface area contributed by atoms with E-state index in [1.54, 1.807) is 30.5 Å². The topological polar surface area (TPSA) is 94.4 Å². The van der Waals surface area contributed by atoms with Crippen LogP contribution in [0.2, 0.25) is 0 Å². The SMILES string of the molecule is CCCn1c(COC(=O)/C=C/c2cccc3cccnc23)nc2cc(S(=O)(=O)N(C)C)ccc21. The van der Waals surface area contributed by atoms with E-state index < -0.39 is 16.0 Å². The Labute approximate surface area is 198 Å². The van der Waals surface area contributed by atoms with E-state index in [0.29, 0.717) is 17.9 Å². The van der Waals surface area contributed by atoms with Gasteiger partial charge in [-0.2, -0.15) is 0 Å². The normalized spacial score (nSPS) is 12.2. The summed E-state index contributed by atoms with van der Waals surface area (Å²) in [6.45, 7) is 2.68. The molecule has 0 saturated carbocycles. The molecule has 176 valence electrons. The van der Waals surface area contributed by atoms with Crippen molar-refractivity contribution in [3.05, 3.63) is 72.2 Å². The highest BCUT2D eigenvalue weighted by molar-refractivity contribution is 7.89. The Bertz CT molecular complexity index is 1480. The molecule has 2 aromatic carbocycles. The quantitative estimate of drug-likeness (QED) is 0.281. The van der Waals surface area contributed by atoms with Crippen LogP contribution in [0.5, 0.6) is 0 Å². The molecular weight excluding hydrogens is 452 g/mol. The van der Waals surface area contributed by atoms with Crippen molar-refractivity contribution in [3.63, 3.8) is 0 Å². The first kappa shape index (κ1) is 23.6. The lowest BCUT2D eigenvalue weighted by Gasteiger charge is -2.11. The lowest BCUT2D eigenvalue weighted by Crippen LogP contribution is -2.22. The van der Waals surface area contributed by atoms with E-state index in [9.17, 15) is 13.2 Å². The van der Waals surface area contributed by atoms with E-state index in [2.05, 4.69) is 9.97 Å². The Morgan fingerprint density at radius 2 is 1.94 bits per heavy atom. The van der Waals surface area contributed by atoms with Crippen LogP contribution in [0.15, 0.2) is 65.7 Å². The second kappa shape index (κ2) is 9.74. The Balaban J connectivity index is 1.55. The number of fused-ring (bicyclic) bond motifs is 2. The number of para-hydroxylation sites is 1. The van der Waals surface area contributed by atoms with Gasteiger partial charge in [-0.05, 0) is 36.8 Å². The molecule has 0 aliphatic carbocycles. The first-order chi connectivity index (χ1) is 16.3. The van der Waals surface area contributed by atoms with Crippen LogP contribution in [0.1, 0.15) is 24.7 Å². The Morgan fingerprint density at radius 3 is 2.71 bits per heavy atom. The average molecular weight is 479 g/mol. The van der Waals surface area contributed by atoms with Gasteiger partial charge in [0.05, 0.1) is 21.4 Å². The number of aromatic nitrogens is 3. The molecule has 0 radical (unpaired) electrons. The van der Waals surface area contributed by atoms with Gasteiger partial charge in [0.15, 0.2) is 0 Å². The summed E-state index contributed by atoms with van der Waals surface area (Å²) >= 11 is 0. The second-order valence-corrected chi connectivity index (χ2v) is 10.1. The summed E-state index contributed by atoms with van der Waals surface area (Å²) in [7, 11) is -0.599. The minimum Gasteiger partial charge on any atom is -0.454 e. The minimum absolute atomic E-state index is 0.0264. The lowest BCUT2D eigenvalue weighted by atomic mass is 10.1. The zero-order valence-corrected chi connectivity index (χ0v) is 20.1. The number of carbonyl (C=O) groups is 1. The molecule has 0 unspecified atom stereocenters. The molecule has 4 aromatic rings. The number of rotatable bonds is 8. The summed E-state index contributed by atoms with van der Waals surface area (Å²) < 4.78 is 33.6. The van der Waals surface area contributed by atoms with Crippen LogP contribution in [-0.4, -0.2) is 47.3 Å². The van der Waals surface area contributed by atoms with Gasteiger partial charge in [0.2, 0.25) is 10.0 Å². The van der Waals surface area contributed by atoms with Gasteiger partial charge < -0.3 is 9.30 Å². The van der Waals surface area contributed by atoms with Crippen LogP contribution in [0.4, 0.5) is 0 Å². The minimum atomic E-state index is -3.57. The second-order valence-electron chi connectivity index (χ2n) is 7.98. The highest BCUT2D eigenvalue weighted by atomic mass is 32.2. The van der Waals surface area contributed by atoms with Crippen LogP contribution in [-0.2, 0) is 32.7 Å². The molecule has 0 fully saturated rings. The molecule has 0 aliphatic heterocycles. The smallest absolute Gasteiger partial charge is 0.331 e. The van der Waals surface area contributed by atoms with Crippen molar-refractivity contribution in [2.45, 2.75) is 31.4 Å². The molecule has 0 spiro atoms. The van der Waals surface area contributed by atoms with Crippen LogP contribution >= 0.6 is 0 Å². The summed E-state index contributed by atoms with van der Waals surface area (Å²) in [6.07, 6.45) is 5.62. The maximum Gasteiger partial charge on any atom is 0.331 e. The van der Waals surface area contributed by atoms with Gasteiger partial charge in [-0.15, -0.1) is 0 Å². The first-order valence-corrected chi connectivity index (χ1v) is 12.4. The molecule has 4 rings (SSSR count). The third kappa shape index (κ3) is 4.71. The molecule has 9 heteroatoms. The lowest BCUT2D eigenvalue weighted by molar-refractivity contribution is -0.139. The van der Waals surface area contributed by atoms with Crippen molar-refractivity contribution in [2.24, 2.45) is 0 Å². The molecule has 8 nitrogen and oxygen atoms in total. The third-order valence-electron chi connectivity index (χ3n) is 5.43. The van der Waals surface area contributed by atoms with E-state index in [4.69, 9.17) is 4.74 Å². The zero-order chi connectivity index (χ0) is 24.3. The fourth-order valence-electron chi connectivity index (χ4n) is 3.72. The van der Waals surface area contributed by atoms with Gasteiger partial charge >= 0.3 is 5.97 Å². The first-order valence-electron chi connectivity index (χ1n) is 10.9. The van der Waals surface area contributed by atoms with Crippen molar-refractivity contribution in [3.8, 4) is 0 Å². The van der Waals surface area contributed by atoms with Crippen molar-refractivity contribution in [1.29, 1.82) is 0 Å². The molecule has 0 N–H and O–H groups in total. The number of imidazole rings is 1. The van der Waals surface area contributed by atoms with Crippen molar-refractivity contribution >= 4 is 44.0 Å². The van der Waals surface area contributed by atoms with Crippen molar-refractivity contribution in [1.82, 2.24) is 18.8 Å². The number of pyridine rings is 1. The van der Waals surface area contributed by atoms with Crippen LogP contribution in [0.3, 0.4) is 0 Å². The molecule has 0 atom stereocenters. The third-order valence-corrected chi connectivity index (χ3v) is 7.24. The summed E-state index contributed by atoms with van der Waals surface area (Å²) in [5.41, 5.74) is 2.97. The van der Waals surface area contributed by atoms with Crippen LogP contribution in [0.25, 0.3) is 28.0 Å². The number of esters is 1. The molecule has 0 saturated heterocycles. The highest BCUT2D eigenvalue weighted by Gasteiger charge is 2.20. The Kier molecular flexibility index (Phi) is 6.76. The van der Waals surface area contributed by atoms with Crippen molar-refractivity contribution in [2.75, 3.05) is 14.1 Å². The number of ether oxygens (including phenoxy) is 1. The number of sulfonamides is 1. The highest BCUT2D eigenvalue weighted by Crippen LogP contribution is 2.23. The standard InChI is InChI=1S/C25H26N4O4S/c1-4-15-29-22-12-11-20(34(31,32)28(2)3)16-21(22)27-23(29)17-33-24(30)13-10-19-8-5-7-18-9-6-14-26-25(18)19/h5-14,16H,4,15,17H2,1-3H3/b13-10+. The van der Waals surface area contributed by atoms with E-state index in [1.165, 1.54) is 20.2 Å². The van der Waals surface area contributed by atoms with E-state index in [0.717, 1.165) is 32.7 Å². The van der Waals surface area contributed by atoms with E-state index >= 15 is 0 Å². The van der Waals surface area contributed by atoms with E-state index in [1.807, 2.05) is 41.8 Å². The fraction of sp³-hybridized carbons (Fsp3) is 0.240. The van der Waals surface area contributed by atoms with Gasteiger partial charge in [-0.1, -0.05) is 31.2 Å². The van der Waals surface area contributed by atoms with Gasteiger partial charge in [0.1, 0.15) is 12.4 Å².